The van der Waals surface area contributed by atoms with Gasteiger partial charge in [0.05, 0.1) is 0 Å². The molecule has 4 rings (SSSR count). The molecule has 0 nitrogen and oxygen atoms in total. The van der Waals surface area contributed by atoms with Crippen LogP contribution in [0, 0.1) is 29.6 Å². The number of fused-ring (bicyclic) bond motifs is 2. The first-order valence-electron chi connectivity index (χ1n) is 35.8. The first kappa shape index (κ1) is 66.9. The van der Waals surface area contributed by atoms with Crippen LogP contribution in [0.2, 0.25) is 0 Å². The summed E-state index contributed by atoms with van der Waals surface area (Å²) in [5.74, 6) is 5.35. The minimum Gasteiger partial charge on any atom is -0.103 e. The van der Waals surface area contributed by atoms with Gasteiger partial charge in [0, 0.05) is 0 Å². The van der Waals surface area contributed by atoms with Crippen LogP contribution in [0.25, 0.3) is 6.08 Å². The summed E-state index contributed by atoms with van der Waals surface area (Å²) >= 11 is 0. The second kappa shape index (κ2) is 50.4. The van der Waals surface area contributed by atoms with Crippen LogP contribution in [0.5, 0.6) is 0 Å². The van der Waals surface area contributed by atoms with E-state index in [9.17, 15) is 0 Å². The molecule has 438 valence electrons. The van der Waals surface area contributed by atoms with Crippen molar-refractivity contribution in [1.29, 1.82) is 0 Å². The Hall–Kier alpha value is -1.56. The lowest BCUT2D eigenvalue weighted by atomic mass is 9.75. The van der Waals surface area contributed by atoms with E-state index in [0.29, 0.717) is 0 Å². The van der Waals surface area contributed by atoms with Gasteiger partial charge in [-0.05, 0) is 119 Å². The second-order valence-corrected chi connectivity index (χ2v) is 26.6. The van der Waals surface area contributed by atoms with E-state index in [0.717, 1.165) is 29.6 Å². The van der Waals surface area contributed by atoms with Gasteiger partial charge < -0.3 is 0 Å². The van der Waals surface area contributed by atoms with Gasteiger partial charge in [-0.1, -0.05) is 356 Å². The van der Waals surface area contributed by atoms with E-state index < -0.39 is 0 Å². The largest absolute Gasteiger partial charge is 0.103 e. The van der Waals surface area contributed by atoms with E-state index in [2.05, 4.69) is 61.2 Å². The third-order valence-electron chi connectivity index (χ3n) is 19.9. The zero-order valence-electron chi connectivity index (χ0n) is 51.5. The Balaban J connectivity index is 0.932. The molecule has 3 fully saturated rings. The Bertz CT molecular complexity index is 1420. The highest BCUT2D eigenvalue weighted by Crippen LogP contribution is 2.52. The average molecular weight is 1050 g/mol. The summed E-state index contributed by atoms with van der Waals surface area (Å²) in [5, 5.41) is 0. The molecule has 0 aliphatic heterocycles. The van der Waals surface area contributed by atoms with Crippen molar-refractivity contribution < 1.29 is 0 Å². The van der Waals surface area contributed by atoms with E-state index in [1.165, 1.54) is 359 Å². The van der Waals surface area contributed by atoms with Gasteiger partial charge in [-0.25, -0.2) is 0 Å². The van der Waals surface area contributed by atoms with Crippen molar-refractivity contribution in [3.05, 3.63) is 66.3 Å². The molecule has 0 saturated heterocycles. The number of benzene rings is 1. The summed E-state index contributed by atoms with van der Waals surface area (Å²) in [7, 11) is 0. The van der Waals surface area contributed by atoms with Crippen molar-refractivity contribution in [2.45, 2.75) is 379 Å². The Kier molecular flexibility index (Phi) is 44.4. The molecule has 0 amide bonds. The molecular formula is C76H134. The van der Waals surface area contributed by atoms with Gasteiger partial charge >= 0.3 is 0 Å². The lowest BCUT2D eigenvalue weighted by molar-refractivity contribution is 0.202. The summed E-state index contributed by atoms with van der Waals surface area (Å²) in [6, 6.07) is 10.7. The number of rotatable bonds is 56. The van der Waals surface area contributed by atoms with Crippen molar-refractivity contribution in [2.24, 2.45) is 29.6 Å². The summed E-state index contributed by atoms with van der Waals surface area (Å²) in [6.07, 6.45) is 96.2. The van der Waals surface area contributed by atoms with Crippen LogP contribution in [0.3, 0.4) is 0 Å². The monoisotopic (exact) mass is 1050 g/mol. The fraction of sp³-hybridized carbons (Fsp3) is 0.842. The first-order chi connectivity index (χ1) is 37.8. The summed E-state index contributed by atoms with van der Waals surface area (Å²) < 4.78 is 0. The molecule has 3 aliphatic rings. The predicted molar refractivity (Wildman–Crippen MR) is 344 cm³/mol. The van der Waals surface area contributed by atoms with Crippen LogP contribution < -0.4 is 0 Å². The summed E-state index contributed by atoms with van der Waals surface area (Å²) in [4.78, 5) is 0. The average Bonchev–Trinajstić information content (AvgIpc) is 4.10. The Morgan fingerprint density at radius 2 is 0.842 bits per heavy atom. The molecule has 0 radical (unpaired) electrons. The van der Waals surface area contributed by atoms with E-state index in [4.69, 9.17) is 0 Å². The first-order valence-corrected chi connectivity index (χ1v) is 35.8. The Labute approximate surface area is 478 Å². The Morgan fingerprint density at radius 3 is 1.29 bits per heavy atom. The second-order valence-electron chi connectivity index (χ2n) is 26.6. The fourth-order valence-electron chi connectivity index (χ4n) is 15.0. The van der Waals surface area contributed by atoms with Crippen LogP contribution in [-0.2, 0) is 0 Å². The fourth-order valence-corrected chi connectivity index (χ4v) is 15.0. The maximum absolute atomic E-state index is 4.05. The number of hydrogen-bond acceptors (Lipinski definition) is 0. The molecule has 4 atom stereocenters. The van der Waals surface area contributed by atoms with Crippen molar-refractivity contribution in [3.63, 3.8) is 0 Å². The molecule has 0 N–H and O–H groups in total. The third-order valence-corrected chi connectivity index (χ3v) is 19.9. The summed E-state index contributed by atoms with van der Waals surface area (Å²) in [5.41, 5.74) is 3.17. The predicted octanol–water partition coefficient (Wildman–Crippen LogP) is 26.9. The van der Waals surface area contributed by atoms with Gasteiger partial charge in [0.1, 0.15) is 0 Å². The van der Waals surface area contributed by atoms with Crippen LogP contribution in [0.15, 0.2) is 60.7 Å². The van der Waals surface area contributed by atoms with E-state index in [1.54, 1.807) is 25.7 Å². The maximum Gasteiger partial charge on any atom is -0.0260 e. The SMILES string of the molecule is C=CCCC(CCCCCCCCCCCCCCC(=CCCCCCCCCCCCCCCC1CCCCC1)CCCCCCCCCCCCCCCCCCCCC=Cc1ccccc1)C1CC2CCC1C2. The molecule has 2 bridgehead atoms. The smallest absolute Gasteiger partial charge is 0.0260 e. The molecule has 1 aromatic rings. The van der Waals surface area contributed by atoms with Crippen molar-refractivity contribution in [3.8, 4) is 0 Å². The lowest BCUT2D eigenvalue weighted by Crippen LogP contribution is -2.21. The van der Waals surface area contributed by atoms with Crippen molar-refractivity contribution in [2.75, 3.05) is 0 Å². The minimum atomic E-state index is 1.00. The molecule has 0 heterocycles. The van der Waals surface area contributed by atoms with Gasteiger partial charge in [0.25, 0.3) is 0 Å². The number of allylic oxidation sites excluding steroid dienone is 4. The quantitative estimate of drug-likeness (QED) is 0.0451. The zero-order chi connectivity index (χ0) is 53.1. The van der Waals surface area contributed by atoms with Crippen molar-refractivity contribution >= 4 is 6.08 Å². The normalized spacial score (nSPS) is 18.4. The molecule has 3 saturated carbocycles. The van der Waals surface area contributed by atoms with E-state index in [-0.39, 0.29) is 0 Å². The number of unbranched alkanes of at least 4 members (excludes halogenated alkanes) is 41. The van der Waals surface area contributed by atoms with E-state index >= 15 is 0 Å². The van der Waals surface area contributed by atoms with Gasteiger partial charge in [-0.3, -0.25) is 0 Å². The highest BCUT2D eigenvalue weighted by Gasteiger charge is 2.42. The summed E-state index contributed by atoms with van der Waals surface area (Å²) in [6.45, 7) is 4.05. The molecule has 1 aromatic carbocycles. The highest BCUT2D eigenvalue weighted by molar-refractivity contribution is 5.48. The van der Waals surface area contributed by atoms with Gasteiger partial charge in [-0.15, -0.1) is 6.58 Å². The van der Waals surface area contributed by atoms with Crippen molar-refractivity contribution in [1.82, 2.24) is 0 Å². The Morgan fingerprint density at radius 1 is 0.408 bits per heavy atom. The highest BCUT2D eigenvalue weighted by atomic mass is 14.5. The standard InChI is InChI=1S/C76H134/c1-2-3-64-74(76-69-73-66-67-75(76)68-73)65-54-42-36-30-24-18-17-23-29-33-39-47-57-70(56-46-38-32-27-21-15-12-16-22-28-35-41-49-59-72-62-52-44-53-63-72)55-45-37-31-25-19-13-10-8-6-4-5-7-9-11-14-20-26-34-40-48-58-71-60-50-43-51-61-71/h2,43,48,50-51,56,58,60-61,72-76H,1,3-42,44-47,49,52-55,57,59,62-69H2. The molecule has 3 aliphatic carbocycles. The van der Waals surface area contributed by atoms with Gasteiger partial charge in [-0.2, -0.15) is 0 Å². The van der Waals surface area contributed by atoms with Crippen LogP contribution >= 0.6 is 0 Å². The molecule has 0 heteroatoms. The molecule has 0 spiro atoms. The lowest BCUT2D eigenvalue weighted by Gasteiger charge is -2.30. The van der Waals surface area contributed by atoms with Crippen LogP contribution in [-0.4, -0.2) is 0 Å². The number of hydrogen-bond donors (Lipinski definition) is 0. The van der Waals surface area contributed by atoms with Gasteiger partial charge in [0.15, 0.2) is 0 Å². The molecule has 76 heavy (non-hydrogen) atoms. The molecule has 4 unspecified atom stereocenters. The van der Waals surface area contributed by atoms with Crippen LogP contribution in [0.1, 0.15) is 384 Å². The molecular weight excluding hydrogens is 913 g/mol. The van der Waals surface area contributed by atoms with Crippen LogP contribution in [0.4, 0.5) is 0 Å². The van der Waals surface area contributed by atoms with E-state index in [1.807, 2.05) is 5.57 Å². The van der Waals surface area contributed by atoms with Gasteiger partial charge in [0.2, 0.25) is 0 Å². The minimum absolute atomic E-state index is 1.00. The molecule has 0 aromatic heterocycles. The zero-order valence-corrected chi connectivity index (χ0v) is 51.5. The topological polar surface area (TPSA) is 0 Å². The maximum atomic E-state index is 4.05. The third kappa shape index (κ3) is 37.4.